The Hall–Kier alpha value is -1.35. The zero-order valence-electron chi connectivity index (χ0n) is 12.4. The number of carboxylic acid groups (broad SMARTS) is 1. The summed E-state index contributed by atoms with van der Waals surface area (Å²) < 4.78 is 0. The number of carbonyl (C=O) groups is 1. The molecule has 1 aromatic carbocycles. The molecule has 0 heterocycles. The van der Waals surface area contributed by atoms with Crippen molar-refractivity contribution in [1.29, 1.82) is 0 Å². The summed E-state index contributed by atoms with van der Waals surface area (Å²) in [4.78, 5) is 11.4. The van der Waals surface area contributed by atoms with Crippen LogP contribution >= 0.6 is 0 Å². The third-order valence-corrected chi connectivity index (χ3v) is 4.08. The van der Waals surface area contributed by atoms with E-state index in [9.17, 15) is 9.90 Å². The molecule has 106 valence electrons. The lowest BCUT2D eigenvalue weighted by molar-refractivity contribution is -0.149. The van der Waals surface area contributed by atoms with Crippen molar-refractivity contribution in [3.63, 3.8) is 0 Å². The van der Waals surface area contributed by atoms with E-state index >= 15 is 0 Å². The molecular weight excluding hydrogens is 238 g/mol. The van der Waals surface area contributed by atoms with Crippen LogP contribution in [0.3, 0.4) is 0 Å². The van der Waals surface area contributed by atoms with Gasteiger partial charge in [-0.25, -0.2) is 0 Å². The third kappa shape index (κ3) is 3.80. The minimum absolute atomic E-state index is 0.517. The first-order chi connectivity index (χ1) is 8.95. The Bertz CT molecular complexity index is 436. The average Bonchev–Trinajstić information content (AvgIpc) is 2.37. The van der Waals surface area contributed by atoms with Crippen LogP contribution in [0.2, 0.25) is 0 Å². The molecule has 0 radical (unpaired) electrons. The SMILES string of the molecule is CCC(CC)(CNCc1ccc(C)cc1C)C(=O)O. The first-order valence-corrected chi connectivity index (χ1v) is 6.95. The lowest BCUT2D eigenvalue weighted by Gasteiger charge is -2.27. The molecule has 0 saturated carbocycles. The minimum Gasteiger partial charge on any atom is -0.481 e. The van der Waals surface area contributed by atoms with Crippen molar-refractivity contribution in [2.75, 3.05) is 6.54 Å². The predicted octanol–water partition coefficient (Wildman–Crippen LogP) is 3.28. The molecule has 19 heavy (non-hydrogen) atoms. The Morgan fingerprint density at radius 3 is 2.37 bits per heavy atom. The summed E-state index contributed by atoms with van der Waals surface area (Å²) in [5.74, 6) is -0.703. The lowest BCUT2D eigenvalue weighted by Crippen LogP contribution is -2.40. The molecule has 0 aliphatic rings. The van der Waals surface area contributed by atoms with Gasteiger partial charge in [0.25, 0.3) is 0 Å². The van der Waals surface area contributed by atoms with Crippen LogP contribution in [0.4, 0.5) is 0 Å². The molecule has 1 rings (SSSR count). The highest BCUT2D eigenvalue weighted by atomic mass is 16.4. The van der Waals surface area contributed by atoms with Crippen LogP contribution in [0, 0.1) is 19.3 Å². The maximum atomic E-state index is 11.4. The van der Waals surface area contributed by atoms with Crippen molar-refractivity contribution >= 4 is 5.97 Å². The summed E-state index contributed by atoms with van der Waals surface area (Å²) >= 11 is 0. The van der Waals surface area contributed by atoms with Gasteiger partial charge in [0.05, 0.1) is 5.41 Å². The summed E-state index contributed by atoms with van der Waals surface area (Å²) in [5, 5.41) is 12.7. The molecule has 0 amide bonds. The van der Waals surface area contributed by atoms with Crippen LogP contribution in [-0.2, 0) is 11.3 Å². The second-order valence-electron chi connectivity index (χ2n) is 5.33. The van der Waals surface area contributed by atoms with E-state index < -0.39 is 11.4 Å². The van der Waals surface area contributed by atoms with E-state index in [0.29, 0.717) is 19.4 Å². The van der Waals surface area contributed by atoms with Gasteiger partial charge in [0, 0.05) is 13.1 Å². The van der Waals surface area contributed by atoms with Gasteiger partial charge in [-0.15, -0.1) is 0 Å². The summed E-state index contributed by atoms with van der Waals surface area (Å²) in [7, 11) is 0. The van der Waals surface area contributed by atoms with Gasteiger partial charge in [0.2, 0.25) is 0 Å². The van der Waals surface area contributed by atoms with E-state index in [0.717, 1.165) is 6.54 Å². The molecule has 0 aliphatic carbocycles. The van der Waals surface area contributed by atoms with Crippen molar-refractivity contribution in [3.05, 3.63) is 34.9 Å². The first-order valence-electron chi connectivity index (χ1n) is 6.95. The van der Waals surface area contributed by atoms with Gasteiger partial charge < -0.3 is 10.4 Å². The maximum absolute atomic E-state index is 11.4. The van der Waals surface area contributed by atoms with Crippen molar-refractivity contribution in [2.24, 2.45) is 5.41 Å². The van der Waals surface area contributed by atoms with E-state index in [-0.39, 0.29) is 0 Å². The van der Waals surface area contributed by atoms with Gasteiger partial charge in [-0.2, -0.15) is 0 Å². The zero-order valence-corrected chi connectivity index (χ0v) is 12.4. The van der Waals surface area contributed by atoms with Gasteiger partial charge >= 0.3 is 5.97 Å². The molecule has 0 bridgehead atoms. The summed E-state index contributed by atoms with van der Waals surface area (Å²) in [6.07, 6.45) is 1.30. The number of rotatable bonds is 7. The van der Waals surface area contributed by atoms with Crippen molar-refractivity contribution in [3.8, 4) is 0 Å². The fourth-order valence-corrected chi connectivity index (χ4v) is 2.36. The second kappa shape index (κ2) is 6.71. The quantitative estimate of drug-likeness (QED) is 0.793. The van der Waals surface area contributed by atoms with Gasteiger partial charge in [0.15, 0.2) is 0 Å². The molecule has 0 unspecified atom stereocenters. The highest BCUT2D eigenvalue weighted by Gasteiger charge is 2.34. The van der Waals surface area contributed by atoms with E-state index in [4.69, 9.17) is 0 Å². The van der Waals surface area contributed by atoms with Crippen LogP contribution in [0.5, 0.6) is 0 Å². The van der Waals surface area contributed by atoms with Crippen LogP contribution in [0.1, 0.15) is 43.4 Å². The number of aryl methyl sites for hydroxylation is 2. The van der Waals surface area contributed by atoms with Crippen molar-refractivity contribution in [2.45, 2.75) is 47.1 Å². The Labute approximate surface area is 116 Å². The Morgan fingerprint density at radius 2 is 1.89 bits per heavy atom. The number of nitrogens with one attached hydrogen (secondary N) is 1. The summed E-state index contributed by atoms with van der Waals surface area (Å²) in [5.41, 5.74) is 3.10. The topological polar surface area (TPSA) is 49.3 Å². The molecule has 2 N–H and O–H groups in total. The molecule has 1 aromatic rings. The molecular formula is C16H25NO2. The Morgan fingerprint density at radius 1 is 1.26 bits per heavy atom. The normalized spacial score (nSPS) is 11.6. The van der Waals surface area contributed by atoms with E-state index in [1.807, 2.05) is 13.8 Å². The largest absolute Gasteiger partial charge is 0.481 e. The second-order valence-corrected chi connectivity index (χ2v) is 5.33. The monoisotopic (exact) mass is 263 g/mol. The fourth-order valence-electron chi connectivity index (χ4n) is 2.36. The molecule has 3 heteroatoms. The fraction of sp³-hybridized carbons (Fsp3) is 0.562. The molecule has 0 aromatic heterocycles. The number of aliphatic carboxylic acids is 1. The number of benzene rings is 1. The molecule has 3 nitrogen and oxygen atoms in total. The third-order valence-electron chi connectivity index (χ3n) is 4.08. The van der Waals surface area contributed by atoms with Crippen LogP contribution in [0.25, 0.3) is 0 Å². The Kier molecular flexibility index (Phi) is 5.55. The molecule has 0 aliphatic heterocycles. The van der Waals surface area contributed by atoms with E-state index in [1.54, 1.807) is 0 Å². The lowest BCUT2D eigenvalue weighted by atomic mass is 9.82. The summed E-state index contributed by atoms with van der Waals surface area (Å²) in [6.45, 7) is 9.29. The molecule has 0 atom stereocenters. The van der Waals surface area contributed by atoms with Crippen LogP contribution in [-0.4, -0.2) is 17.6 Å². The van der Waals surface area contributed by atoms with E-state index in [1.165, 1.54) is 16.7 Å². The molecule has 0 spiro atoms. The number of hydrogen-bond donors (Lipinski definition) is 2. The highest BCUT2D eigenvalue weighted by Crippen LogP contribution is 2.25. The average molecular weight is 263 g/mol. The zero-order chi connectivity index (χ0) is 14.5. The smallest absolute Gasteiger partial charge is 0.310 e. The van der Waals surface area contributed by atoms with Gasteiger partial charge in [0.1, 0.15) is 0 Å². The van der Waals surface area contributed by atoms with Gasteiger partial charge in [-0.1, -0.05) is 37.6 Å². The first kappa shape index (κ1) is 15.7. The Balaban J connectivity index is 2.64. The highest BCUT2D eigenvalue weighted by molar-refractivity contribution is 5.74. The maximum Gasteiger partial charge on any atom is 0.310 e. The standard InChI is InChI=1S/C16H25NO2/c1-5-16(6-2,15(18)19)11-17-10-14-8-7-12(3)9-13(14)4/h7-9,17H,5-6,10-11H2,1-4H3,(H,18,19). The molecule has 0 saturated heterocycles. The van der Waals surface area contributed by atoms with Crippen molar-refractivity contribution in [1.82, 2.24) is 5.32 Å². The number of hydrogen-bond acceptors (Lipinski definition) is 2. The number of carboxylic acids is 1. The predicted molar refractivity (Wildman–Crippen MR) is 78.3 cm³/mol. The van der Waals surface area contributed by atoms with E-state index in [2.05, 4.69) is 37.4 Å². The summed E-state index contributed by atoms with van der Waals surface area (Å²) in [6, 6.07) is 6.35. The molecule has 0 fully saturated rings. The van der Waals surface area contributed by atoms with Gasteiger partial charge in [-0.3, -0.25) is 4.79 Å². The minimum atomic E-state index is -0.703. The van der Waals surface area contributed by atoms with Gasteiger partial charge in [-0.05, 0) is 37.8 Å². The van der Waals surface area contributed by atoms with Crippen LogP contribution in [0.15, 0.2) is 18.2 Å². The van der Waals surface area contributed by atoms with Crippen LogP contribution < -0.4 is 5.32 Å². The van der Waals surface area contributed by atoms with Crippen molar-refractivity contribution < 1.29 is 9.90 Å².